The summed E-state index contributed by atoms with van der Waals surface area (Å²) in [6, 6.07) is 0. The van der Waals surface area contributed by atoms with E-state index in [0.717, 1.165) is 12.2 Å². The lowest BCUT2D eigenvalue weighted by molar-refractivity contribution is 0.420. The molecule has 0 aliphatic heterocycles. The maximum absolute atomic E-state index is 4.45. The second kappa shape index (κ2) is 4.81. The van der Waals surface area contributed by atoms with E-state index < -0.39 is 0 Å². The van der Waals surface area contributed by atoms with E-state index >= 15 is 0 Å². The summed E-state index contributed by atoms with van der Waals surface area (Å²) in [5.74, 6) is 0. The molecule has 0 saturated heterocycles. The number of aromatic nitrogens is 2. The van der Waals surface area contributed by atoms with Crippen molar-refractivity contribution in [3.63, 3.8) is 0 Å². The quantitative estimate of drug-likeness (QED) is 0.821. The van der Waals surface area contributed by atoms with Gasteiger partial charge in [-0.2, -0.15) is 5.10 Å². The van der Waals surface area contributed by atoms with Crippen LogP contribution in [0.3, 0.4) is 0 Å². The smallest absolute Gasteiger partial charge is 0.0641 e. The first-order valence-corrected chi connectivity index (χ1v) is 6.78. The van der Waals surface area contributed by atoms with Crippen molar-refractivity contribution in [3.05, 3.63) is 17.0 Å². The van der Waals surface area contributed by atoms with Gasteiger partial charge in [-0.15, -0.1) is 0 Å². The van der Waals surface area contributed by atoms with E-state index in [1.54, 1.807) is 0 Å². The van der Waals surface area contributed by atoms with Gasteiger partial charge in [-0.05, 0) is 38.5 Å². The van der Waals surface area contributed by atoms with Crippen molar-refractivity contribution in [2.45, 2.75) is 53.0 Å². The van der Waals surface area contributed by atoms with Crippen molar-refractivity contribution < 1.29 is 0 Å². The molecular weight excluding hydrogens is 210 g/mol. The Balaban J connectivity index is 1.86. The Morgan fingerprint density at radius 1 is 1.35 bits per heavy atom. The second-order valence-corrected chi connectivity index (χ2v) is 5.63. The summed E-state index contributed by atoms with van der Waals surface area (Å²) in [4.78, 5) is 0. The van der Waals surface area contributed by atoms with Gasteiger partial charge in [-0.25, -0.2) is 0 Å². The van der Waals surface area contributed by atoms with Crippen molar-refractivity contribution in [2.24, 2.45) is 12.5 Å². The molecule has 96 valence electrons. The molecule has 1 aromatic heterocycles. The zero-order valence-electron chi connectivity index (χ0n) is 11.6. The normalized spacial score (nSPS) is 17.4. The molecule has 0 aromatic carbocycles. The molecule has 1 N–H and O–H groups in total. The van der Waals surface area contributed by atoms with Crippen LogP contribution >= 0.6 is 0 Å². The number of hydrogen-bond donors (Lipinski definition) is 1. The van der Waals surface area contributed by atoms with Crippen LogP contribution < -0.4 is 5.32 Å². The minimum absolute atomic E-state index is 0.638. The first kappa shape index (κ1) is 12.6. The van der Waals surface area contributed by atoms with E-state index in [0.29, 0.717) is 5.41 Å². The largest absolute Gasteiger partial charge is 0.312 e. The first-order chi connectivity index (χ1) is 8.08. The fraction of sp³-hybridized carbons (Fsp3) is 0.786. The molecular formula is C14H25N3. The lowest BCUT2D eigenvalue weighted by Crippen LogP contribution is -2.24. The van der Waals surface area contributed by atoms with Crippen LogP contribution in [-0.2, 0) is 13.6 Å². The van der Waals surface area contributed by atoms with E-state index in [9.17, 15) is 0 Å². The summed E-state index contributed by atoms with van der Waals surface area (Å²) in [5.41, 5.74) is 4.46. The van der Waals surface area contributed by atoms with Crippen molar-refractivity contribution in [1.29, 1.82) is 0 Å². The average Bonchev–Trinajstić information content (AvgIpc) is 2.99. The highest BCUT2D eigenvalue weighted by atomic mass is 15.3. The maximum atomic E-state index is 4.45. The number of nitrogens with one attached hydrogen (secondary N) is 1. The van der Waals surface area contributed by atoms with Gasteiger partial charge in [0.15, 0.2) is 0 Å². The molecule has 1 aliphatic carbocycles. The van der Waals surface area contributed by atoms with Gasteiger partial charge in [0.05, 0.1) is 5.69 Å². The Morgan fingerprint density at radius 3 is 2.53 bits per heavy atom. The van der Waals surface area contributed by atoms with Crippen molar-refractivity contribution in [2.75, 3.05) is 6.54 Å². The first-order valence-electron chi connectivity index (χ1n) is 6.78. The van der Waals surface area contributed by atoms with Crippen LogP contribution in [0.15, 0.2) is 0 Å². The Kier molecular flexibility index (Phi) is 3.57. The van der Waals surface area contributed by atoms with Gasteiger partial charge >= 0.3 is 0 Å². The van der Waals surface area contributed by atoms with E-state index in [-0.39, 0.29) is 0 Å². The van der Waals surface area contributed by atoms with Crippen LogP contribution in [0, 0.1) is 19.3 Å². The fourth-order valence-corrected chi connectivity index (χ4v) is 2.75. The van der Waals surface area contributed by atoms with E-state index in [1.165, 1.54) is 43.5 Å². The van der Waals surface area contributed by atoms with E-state index in [4.69, 9.17) is 0 Å². The summed E-state index contributed by atoms with van der Waals surface area (Å²) in [5, 5.41) is 8.09. The number of aryl methyl sites for hydroxylation is 2. The Hall–Kier alpha value is -0.830. The predicted molar refractivity (Wildman–Crippen MR) is 71.0 cm³/mol. The van der Waals surface area contributed by atoms with Crippen LogP contribution in [0.25, 0.3) is 0 Å². The Labute approximate surface area is 105 Å². The van der Waals surface area contributed by atoms with Gasteiger partial charge in [-0.3, -0.25) is 4.68 Å². The van der Waals surface area contributed by atoms with E-state index in [1.807, 2.05) is 11.7 Å². The molecule has 3 heteroatoms. The summed E-state index contributed by atoms with van der Waals surface area (Å²) in [6.45, 7) is 8.68. The number of hydrogen-bond acceptors (Lipinski definition) is 2. The van der Waals surface area contributed by atoms with Gasteiger partial charge in [-0.1, -0.05) is 13.3 Å². The fourth-order valence-electron chi connectivity index (χ4n) is 2.75. The molecule has 0 unspecified atom stereocenters. The zero-order valence-corrected chi connectivity index (χ0v) is 11.6. The lowest BCUT2D eigenvalue weighted by atomic mass is 10.0. The minimum Gasteiger partial charge on any atom is -0.312 e. The molecule has 3 nitrogen and oxygen atoms in total. The predicted octanol–water partition coefficient (Wildman–Crippen LogP) is 2.71. The van der Waals surface area contributed by atoms with E-state index in [2.05, 4.69) is 31.2 Å². The molecule has 2 rings (SSSR count). The molecule has 1 saturated carbocycles. The van der Waals surface area contributed by atoms with Crippen molar-refractivity contribution >= 4 is 0 Å². The van der Waals surface area contributed by atoms with Crippen LogP contribution in [0.4, 0.5) is 0 Å². The minimum atomic E-state index is 0.638. The molecule has 1 fully saturated rings. The van der Waals surface area contributed by atoms with Crippen molar-refractivity contribution in [3.8, 4) is 0 Å². The Morgan fingerprint density at radius 2 is 2.06 bits per heavy atom. The number of rotatable bonds is 6. The molecule has 0 radical (unpaired) electrons. The summed E-state index contributed by atoms with van der Waals surface area (Å²) >= 11 is 0. The Bertz CT molecular complexity index is 388. The highest BCUT2D eigenvalue weighted by Gasteiger charge is 2.40. The van der Waals surface area contributed by atoms with Crippen LogP contribution in [0.5, 0.6) is 0 Å². The monoisotopic (exact) mass is 235 g/mol. The molecule has 0 spiro atoms. The standard InChI is InChI=1S/C14H25N3/c1-5-6-14(7-8-14)10-15-9-13-11(2)16-17(4)12(13)3/h15H,5-10H2,1-4H3. The lowest BCUT2D eigenvalue weighted by Gasteiger charge is -2.15. The van der Waals surface area contributed by atoms with Gasteiger partial charge in [0.2, 0.25) is 0 Å². The third kappa shape index (κ3) is 2.71. The average molecular weight is 235 g/mol. The molecule has 17 heavy (non-hydrogen) atoms. The third-order valence-corrected chi connectivity index (χ3v) is 4.20. The summed E-state index contributed by atoms with van der Waals surface area (Å²) in [7, 11) is 2.02. The van der Waals surface area contributed by atoms with Crippen molar-refractivity contribution in [1.82, 2.24) is 15.1 Å². The van der Waals surface area contributed by atoms with Gasteiger partial charge in [0.1, 0.15) is 0 Å². The van der Waals surface area contributed by atoms with Gasteiger partial charge in [0, 0.05) is 31.4 Å². The summed E-state index contributed by atoms with van der Waals surface area (Å²) < 4.78 is 1.98. The second-order valence-electron chi connectivity index (χ2n) is 5.63. The molecule has 1 aliphatic rings. The van der Waals surface area contributed by atoms with Crippen LogP contribution in [0.2, 0.25) is 0 Å². The molecule has 0 atom stereocenters. The van der Waals surface area contributed by atoms with Crippen LogP contribution in [-0.4, -0.2) is 16.3 Å². The molecule has 1 heterocycles. The SMILES string of the molecule is CCCC1(CNCc2c(C)nn(C)c2C)CC1. The molecule has 1 aromatic rings. The highest BCUT2D eigenvalue weighted by molar-refractivity contribution is 5.24. The zero-order chi connectivity index (χ0) is 12.5. The van der Waals surface area contributed by atoms with Crippen LogP contribution in [0.1, 0.15) is 49.6 Å². The third-order valence-electron chi connectivity index (χ3n) is 4.20. The maximum Gasteiger partial charge on any atom is 0.0641 e. The van der Waals surface area contributed by atoms with Gasteiger partial charge in [0.25, 0.3) is 0 Å². The highest BCUT2D eigenvalue weighted by Crippen LogP contribution is 2.48. The summed E-state index contributed by atoms with van der Waals surface area (Å²) in [6.07, 6.45) is 5.52. The van der Waals surface area contributed by atoms with Gasteiger partial charge < -0.3 is 5.32 Å². The molecule has 0 bridgehead atoms. The topological polar surface area (TPSA) is 29.9 Å². The molecule has 0 amide bonds. The number of nitrogens with zero attached hydrogens (tertiary/aromatic N) is 2.